The van der Waals surface area contributed by atoms with Gasteiger partial charge in [-0.05, 0) is 48.9 Å². The number of fused-ring (bicyclic) bond motifs is 1. The van der Waals surface area contributed by atoms with Gasteiger partial charge in [-0.1, -0.05) is 29.0 Å². The summed E-state index contributed by atoms with van der Waals surface area (Å²) in [6.07, 6.45) is 0. The third-order valence-electron chi connectivity index (χ3n) is 3.65. The molecule has 0 spiro atoms. The van der Waals surface area contributed by atoms with Crippen molar-refractivity contribution in [1.29, 1.82) is 0 Å². The van der Waals surface area contributed by atoms with Crippen molar-refractivity contribution >= 4 is 39.1 Å². The summed E-state index contributed by atoms with van der Waals surface area (Å²) >= 11 is 7.38. The van der Waals surface area contributed by atoms with Crippen LogP contribution in [0, 0.1) is 6.92 Å². The maximum atomic E-state index is 12.4. The predicted molar refractivity (Wildman–Crippen MR) is 97.8 cm³/mol. The van der Waals surface area contributed by atoms with Crippen molar-refractivity contribution in [2.75, 3.05) is 13.7 Å². The first-order chi connectivity index (χ1) is 11.6. The van der Waals surface area contributed by atoms with Gasteiger partial charge in [0.15, 0.2) is 4.80 Å². The molecule has 24 heavy (non-hydrogen) atoms. The van der Waals surface area contributed by atoms with Crippen LogP contribution in [0.1, 0.15) is 15.9 Å². The van der Waals surface area contributed by atoms with E-state index in [0.29, 0.717) is 28.5 Å². The van der Waals surface area contributed by atoms with Crippen LogP contribution in [0.3, 0.4) is 0 Å². The molecule has 0 aliphatic carbocycles. The summed E-state index contributed by atoms with van der Waals surface area (Å²) < 4.78 is 8.32. The van der Waals surface area contributed by atoms with E-state index in [1.807, 2.05) is 11.5 Å². The number of carbonyl (C=O) groups is 1. The van der Waals surface area contributed by atoms with Gasteiger partial charge >= 0.3 is 0 Å². The molecule has 6 heteroatoms. The fraction of sp³-hybridized carbons (Fsp3) is 0.222. The molecule has 1 amide bonds. The van der Waals surface area contributed by atoms with Crippen LogP contribution in [-0.4, -0.2) is 24.2 Å². The van der Waals surface area contributed by atoms with E-state index in [1.165, 1.54) is 16.9 Å². The number of aromatic nitrogens is 1. The number of rotatable bonds is 4. The number of halogens is 1. The summed E-state index contributed by atoms with van der Waals surface area (Å²) in [5.74, 6) is -0.277. The van der Waals surface area contributed by atoms with Crippen LogP contribution in [0.25, 0.3) is 10.2 Å². The molecule has 0 radical (unpaired) electrons. The van der Waals surface area contributed by atoms with Gasteiger partial charge in [0, 0.05) is 24.2 Å². The topological polar surface area (TPSA) is 43.6 Å². The molecular formula is C18H17ClN2O2S. The second kappa shape index (κ2) is 7.30. The zero-order chi connectivity index (χ0) is 17.1. The average molecular weight is 361 g/mol. The van der Waals surface area contributed by atoms with Gasteiger partial charge in [0.1, 0.15) is 0 Å². The molecule has 1 aromatic heterocycles. The van der Waals surface area contributed by atoms with Crippen molar-refractivity contribution in [3.8, 4) is 0 Å². The van der Waals surface area contributed by atoms with E-state index in [9.17, 15) is 4.79 Å². The number of aryl methyl sites for hydroxylation is 1. The largest absolute Gasteiger partial charge is 0.383 e. The molecule has 0 aliphatic rings. The highest BCUT2D eigenvalue weighted by atomic mass is 35.5. The maximum Gasteiger partial charge on any atom is 0.279 e. The van der Waals surface area contributed by atoms with Gasteiger partial charge in [-0.15, -0.1) is 0 Å². The van der Waals surface area contributed by atoms with Crippen molar-refractivity contribution in [2.24, 2.45) is 4.99 Å². The quantitative estimate of drug-likeness (QED) is 0.704. The summed E-state index contributed by atoms with van der Waals surface area (Å²) in [4.78, 5) is 17.4. The Bertz CT molecular complexity index is 942. The van der Waals surface area contributed by atoms with Crippen LogP contribution in [0.2, 0.25) is 5.02 Å². The zero-order valence-electron chi connectivity index (χ0n) is 13.5. The molecular weight excluding hydrogens is 344 g/mol. The molecule has 0 atom stereocenters. The number of amides is 1. The first-order valence-corrected chi connectivity index (χ1v) is 8.71. The third kappa shape index (κ3) is 3.59. The van der Waals surface area contributed by atoms with Gasteiger partial charge in [-0.25, -0.2) is 0 Å². The molecule has 1 heterocycles. The van der Waals surface area contributed by atoms with E-state index in [2.05, 4.69) is 23.2 Å². The number of hydrogen-bond donors (Lipinski definition) is 0. The van der Waals surface area contributed by atoms with Gasteiger partial charge < -0.3 is 9.30 Å². The molecule has 0 unspecified atom stereocenters. The van der Waals surface area contributed by atoms with Crippen molar-refractivity contribution in [1.82, 2.24) is 4.57 Å². The minimum Gasteiger partial charge on any atom is -0.383 e. The molecule has 0 saturated heterocycles. The van der Waals surface area contributed by atoms with Crippen molar-refractivity contribution in [3.63, 3.8) is 0 Å². The van der Waals surface area contributed by atoms with Gasteiger partial charge in [0.2, 0.25) is 0 Å². The van der Waals surface area contributed by atoms with E-state index in [-0.39, 0.29) is 5.91 Å². The summed E-state index contributed by atoms with van der Waals surface area (Å²) in [7, 11) is 1.66. The van der Waals surface area contributed by atoms with Gasteiger partial charge in [0.05, 0.1) is 16.8 Å². The van der Waals surface area contributed by atoms with Gasteiger partial charge in [0.25, 0.3) is 5.91 Å². The second-order valence-corrected chi connectivity index (χ2v) is 6.87. The van der Waals surface area contributed by atoms with Crippen LogP contribution in [0.4, 0.5) is 0 Å². The summed E-state index contributed by atoms with van der Waals surface area (Å²) in [6.45, 7) is 3.25. The molecule has 124 valence electrons. The third-order valence-corrected chi connectivity index (χ3v) is 4.94. The minimum absolute atomic E-state index is 0.277. The Morgan fingerprint density at radius 1 is 1.25 bits per heavy atom. The SMILES string of the molecule is COCCn1c(=NC(=O)c2ccc(Cl)cc2)sc2cc(C)ccc21. The summed E-state index contributed by atoms with van der Waals surface area (Å²) in [5, 5.41) is 0.596. The van der Waals surface area contributed by atoms with Crippen LogP contribution in [-0.2, 0) is 11.3 Å². The fourth-order valence-electron chi connectivity index (χ4n) is 2.41. The first-order valence-electron chi connectivity index (χ1n) is 7.52. The molecule has 0 fully saturated rings. The minimum atomic E-state index is -0.277. The van der Waals surface area contributed by atoms with E-state index in [1.54, 1.807) is 31.4 Å². The normalized spacial score (nSPS) is 12.0. The Balaban J connectivity index is 2.09. The Hall–Kier alpha value is -1.95. The lowest BCUT2D eigenvalue weighted by Gasteiger charge is -2.04. The number of carbonyl (C=O) groups excluding carboxylic acids is 1. The van der Waals surface area contributed by atoms with Crippen molar-refractivity contribution < 1.29 is 9.53 Å². The Kier molecular flexibility index (Phi) is 5.14. The number of hydrogen-bond acceptors (Lipinski definition) is 3. The van der Waals surface area contributed by atoms with E-state index < -0.39 is 0 Å². The Morgan fingerprint density at radius 2 is 2.00 bits per heavy atom. The Labute approximate surface area is 149 Å². The molecule has 0 bridgehead atoms. The standard InChI is InChI=1S/C18H17ClN2O2S/c1-12-3-8-15-16(11-12)24-18(21(15)9-10-23-2)20-17(22)13-4-6-14(19)7-5-13/h3-8,11H,9-10H2,1-2H3. The molecule has 3 aromatic rings. The van der Waals surface area contributed by atoms with Crippen LogP contribution < -0.4 is 4.80 Å². The number of thiazole rings is 1. The molecule has 4 nitrogen and oxygen atoms in total. The highest BCUT2D eigenvalue weighted by Gasteiger charge is 2.09. The van der Waals surface area contributed by atoms with E-state index in [0.717, 1.165) is 10.2 Å². The van der Waals surface area contributed by atoms with Crippen LogP contribution >= 0.6 is 22.9 Å². The fourth-order valence-corrected chi connectivity index (χ4v) is 3.69. The average Bonchev–Trinajstić information content (AvgIpc) is 2.89. The number of ether oxygens (including phenoxy) is 1. The maximum absolute atomic E-state index is 12.4. The molecule has 0 saturated carbocycles. The summed E-state index contributed by atoms with van der Waals surface area (Å²) in [6, 6.07) is 13.0. The number of nitrogens with zero attached hydrogens (tertiary/aromatic N) is 2. The van der Waals surface area contributed by atoms with Crippen molar-refractivity contribution in [2.45, 2.75) is 13.5 Å². The lowest BCUT2D eigenvalue weighted by molar-refractivity contribution is 0.0997. The monoisotopic (exact) mass is 360 g/mol. The molecule has 0 aliphatic heterocycles. The van der Waals surface area contributed by atoms with Crippen molar-refractivity contribution in [3.05, 3.63) is 63.4 Å². The number of methoxy groups -OCH3 is 1. The summed E-state index contributed by atoms with van der Waals surface area (Å²) in [5.41, 5.74) is 2.76. The highest BCUT2D eigenvalue weighted by molar-refractivity contribution is 7.16. The first kappa shape index (κ1) is 16.9. The second-order valence-electron chi connectivity index (χ2n) is 5.42. The smallest absolute Gasteiger partial charge is 0.279 e. The number of benzene rings is 2. The van der Waals surface area contributed by atoms with Gasteiger partial charge in [-0.3, -0.25) is 4.79 Å². The lowest BCUT2D eigenvalue weighted by atomic mass is 10.2. The predicted octanol–water partition coefficient (Wildman–Crippen LogP) is 4.05. The van der Waals surface area contributed by atoms with E-state index in [4.69, 9.17) is 16.3 Å². The lowest BCUT2D eigenvalue weighted by Crippen LogP contribution is -2.19. The van der Waals surface area contributed by atoms with Crippen LogP contribution in [0.5, 0.6) is 0 Å². The van der Waals surface area contributed by atoms with Crippen LogP contribution in [0.15, 0.2) is 47.5 Å². The Morgan fingerprint density at radius 3 is 2.71 bits per heavy atom. The molecule has 2 aromatic carbocycles. The zero-order valence-corrected chi connectivity index (χ0v) is 15.0. The van der Waals surface area contributed by atoms with E-state index >= 15 is 0 Å². The van der Waals surface area contributed by atoms with Gasteiger partial charge in [-0.2, -0.15) is 4.99 Å². The molecule has 0 N–H and O–H groups in total. The molecule has 3 rings (SSSR count). The highest BCUT2D eigenvalue weighted by Crippen LogP contribution is 2.19.